The smallest absolute Gasteiger partial charge is 0.0589 e. The zero-order valence-corrected chi connectivity index (χ0v) is 10.6. The second kappa shape index (κ2) is 5.11. The van der Waals surface area contributed by atoms with Crippen LogP contribution >= 0.6 is 0 Å². The Labute approximate surface area is 108 Å². The van der Waals surface area contributed by atoms with Crippen molar-refractivity contribution in [3.05, 3.63) is 35.9 Å². The molecule has 3 heteroatoms. The van der Waals surface area contributed by atoms with Crippen LogP contribution in [0, 0.1) is 5.92 Å². The molecule has 1 aliphatic heterocycles. The molecular formula is C15H20N2O. The number of piperidine rings is 1. The summed E-state index contributed by atoms with van der Waals surface area (Å²) in [6.45, 7) is 2.20. The van der Waals surface area contributed by atoms with Crippen LogP contribution in [0.1, 0.15) is 31.2 Å². The summed E-state index contributed by atoms with van der Waals surface area (Å²) in [7, 11) is 0. The lowest BCUT2D eigenvalue weighted by Gasteiger charge is -2.37. The summed E-state index contributed by atoms with van der Waals surface area (Å²) in [5.41, 5.74) is 2.37. The molecule has 3 nitrogen and oxygen atoms in total. The number of hydrogen-bond donors (Lipinski definition) is 1. The molecule has 96 valence electrons. The largest absolute Gasteiger partial charge is 0.411 e. The Hall–Kier alpha value is -1.35. The van der Waals surface area contributed by atoms with E-state index in [-0.39, 0.29) is 0 Å². The first-order valence-corrected chi connectivity index (χ1v) is 6.84. The van der Waals surface area contributed by atoms with Crippen molar-refractivity contribution in [1.82, 2.24) is 4.90 Å². The van der Waals surface area contributed by atoms with E-state index in [1.165, 1.54) is 24.9 Å². The van der Waals surface area contributed by atoms with Crippen LogP contribution in [-0.4, -0.2) is 28.4 Å². The van der Waals surface area contributed by atoms with Gasteiger partial charge >= 0.3 is 0 Å². The van der Waals surface area contributed by atoms with Gasteiger partial charge in [0.2, 0.25) is 0 Å². The third kappa shape index (κ3) is 2.27. The number of hydrogen-bond acceptors (Lipinski definition) is 3. The van der Waals surface area contributed by atoms with Gasteiger partial charge in [-0.1, -0.05) is 35.5 Å². The number of fused-ring (bicyclic) bond motifs is 1. The highest BCUT2D eigenvalue weighted by molar-refractivity contribution is 5.87. The van der Waals surface area contributed by atoms with E-state index < -0.39 is 0 Å². The maximum absolute atomic E-state index is 8.96. The van der Waals surface area contributed by atoms with Gasteiger partial charge in [-0.3, -0.25) is 4.90 Å². The monoisotopic (exact) mass is 244 g/mol. The first-order chi connectivity index (χ1) is 8.86. The summed E-state index contributed by atoms with van der Waals surface area (Å²) >= 11 is 0. The van der Waals surface area contributed by atoms with Crippen LogP contribution in [0.2, 0.25) is 0 Å². The number of likely N-dealkylation sites (tertiary alicyclic amines) is 1. The molecule has 2 fully saturated rings. The van der Waals surface area contributed by atoms with Crippen LogP contribution in [0.25, 0.3) is 0 Å². The van der Waals surface area contributed by atoms with Crippen LogP contribution in [0.5, 0.6) is 0 Å². The maximum Gasteiger partial charge on any atom is 0.0589 e. The van der Waals surface area contributed by atoms with Crippen molar-refractivity contribution < 1.29 is 5.21 Å². The minimum absolute atomic E-state index is 0.588. The summed E-state index contributed by atoms with van der Waals surface area (Å²) in [5, 5.41) is 12.4. The van der Waals surface area contributed by atoms with Crippen LogP contribution in [0.15, 0.2) is 35.5 Å². The standard InChI is InChI=1S/C15H20N2O/c18-16-14-9-13-7-4-8-17(15(13)10-14)11-12-5-2-1-3-6-12/h1-3,5-6,13,15,18H,4,7-11H2/b16-14-. The van der Waals surface area contributed by atoms with Crippen molar-refractivity contribution in [1.29, 1.82) is 0 Å². The summed E-state index contributed by atoms with van der Waals surface area (Å²) in [6.07, 6.45) is 4.50. The molecule has 1 saturated carbocycles. The summed E-state index contributed by atoms with van der Waals surface area (Å²) in [5.74, 6) is 0.702. The Kier molecular flexibility index (Phi) is 3.33. The Morgan fingerprint density at radius 3 is 2.83 bits per heavy atom. The number of nitrogens with zero attached hydrogens (tertiary/aromatic N) is 2. The fourth-order valence-electron chi connectivity index (χ4n) is 3.47. The lowest BCUT2D eigenvalue weighted by atomic mass is 9.91. The summed E-state index contributed by atoms with van der Waals surface area (Å²) in [6, 6.07) is 11.2. The van der Waals surface area contributed by atoms with Crippen LogP contribution in [0.3, 0.4) is 0 Å². The highest BCUT2D eigenvalue weighted by atomic mass is 16.4. The number of oxime groups is 1. The average Bonchev–Trinajstić information content (AvgIpc) is 2.84. The molecule has 2 aliphatic rings. The highest BCUT2D eigenvalue weighted by Gasteiger charge is 2.38. The molecule has 1 N–H and O–H groups in total. The maximum atomic E-state index is 8.96. The third-order valence-corrected chi connectivity index (χ3v) is 4.35. The molecule has 1 aliphatic carbocycles. The van der Waals surface area contributed by atoms with Crippen molar-refractivity contribution in [2.24, 2.45) is 11.1 Å². The van der Waals surface area contributed by atoms with E-state index in [0.29, 0.717) is 12.0 Å². The highest BCUT2D eigenvalue weighted by Crippen LogP contribution is 2.36. The Bertz CT molecular complexity index is 429. The molecule has 1 saturated heterocycles. The molecule has 1 aromatic rings. The lowest BCUT2D eigenvalue weighted by molar-refractivity contribution is 0.106. The molecule has 0 radical (unpaired) electrons. The molecule has 0 aromatic heterocycles. The Morgan fingerprint density at radius 2 is 2.06 bits per heavy atom. The van der Waals surface area contributed by atoms with Crippen molar-refractivity contribution >= 4 is 5.71 Å². The van der Waals surface area contributed by atoms with E-state index in [1.807, 2.05) is 0 Å². The molecule has 3 rings (SSSR count). The van der Waals surface area contributed by atoms with Gasteiger partial charge in [-0.05, 0) is 37.3 Å². The molecule has 2 unspecified atom stereocenters. The van der Waals surface area contributed by atoms with Gasteiger partial charge in [0, 0.05) is 19.0 Å². The second-order valence-electron chi connectivity index (χ2n) is 5.50. The zero-order chi connectivity index (χ0) is 12.4. The van der Waals surface area contributed by atoms with E-state index in [4.69, 9.17) is 5.21 Å². The van der Waals surface area contributed by atoms with Gasteiger partial charge in [0.05, 0.1) is 5.71 Å². The van der Waals surface area contributed by atoms with E-state index in [9.17, 15) is 0 Å². The topological polar surface area (TPSA) is 35.8 Å². The molecule has 0 amide bonds. The zero-order valence-electron chi connectivity index (χ0n) is 10.6. The predicted octanol–water partition coefficient (Wildman–Crippen LogP) is 2.89. The van der Waals surface area contributed by atoms with Gasteiger partial charge in [0.1, 0.15) is 0 Å². The molecule has 1 aromatic carbocycles. The normalized spacial score (nSPS) is 30.6. The van der Waals surface area contributed by atoms with Gasteiger partial charge < -0.3 is 5.21 Å². The fraction of sp³-hybridized carbons (Fsp3) is 0.533. The van der Waals surface area contributed by atoms with Gasteiger partial charge in [-0.25, -0.2) is 0 Å². The fourth-order valence-corrected chi connectivity index (χ4v) is 3.47. The second-order valence-corrected chi connectivity index (χ2v) is 5.50. The van der Waals surface area contributed by atoms with Crippen molar-refractivity contribution in [2.75, 3.05) is 6.54 Å². The predicted molar refractivity (Wildman–Crippen MR) is 71.8 cm³/mol. The molecule has 18 heavy (non-hydrogen) atoms. The molecule has 0 spiro atoms. The minimum Gasteiger partial charge on any atom is -0.411 e. The average molecular weight is 244 g/mol. The lowest BCUT2D eigenvalue weighted by Crippen LogP contribution is -2.41. The van der Waals surface area contributed by atoms with Crippen molar-refractivity contribution in [2.45, 2.75) is 38.3 Å². The van der Waals surface area contributed by atoms with E-state index in [2.05, 4.69) is 40.4 Å². The van der Waals surface area contributed by atoms with E-state index >= 15 is 0 Å². The van der Waals surface area contributed by atoms with Gasteiger partial charge in [0.25, 0.3) is 0 Å². The first-order valence-electron chi connectivity index (χ1n) is 6.84. The molecule has 0 bridgehead atoms. The quantitative estimate of drug-likeness (QED) is 0.641. The molecule has 2 atom stereocenters. The minimum atomic E-state index is 0.588. The van der Waals surface area contributed by atoms with E-state index in [0.717, 1.165) is 25.1 Å². The third-order valence-electron chi connectivity index (χ3n) is 4.35. The van der Waals surface area contributed by atoms with Gasteiger partial charge in [-0.2, -0.15) is 0 Å². The van der Waals surface area contributed by atoms with Gasteiger partial charge in [-0.15, -0.1) is 0 Å². The van der Waals surface area contributed by atoms with Crippen LogP contribution in [0.4, 0.5) is 0 Å². The SMILES string of the molecule is O/N=C1/CC2CCCN(Cc3ccccc3)C2C1. The number of rotatable bonds is 2. The Balaban J connectivity index is 1.72. The van der Waals surface area contributed by atoms with Crippen LogP contribution < -0.4 is 0 Å². The first kappa shape index (κ1) is 11.7. The summed E-state index contributed by atoms with van der Waals surface area (Å²) < 4.78 is 0. The van der Waals surface area contributed by atoms with Crippen LogP contribution in [-0.2, 0) is 6.54 Å². The Morgan fingerprint density at radius 1 is 1.22 bits per heavy atom. The number of benzene rings is 1. The summed E-state index contributed by atoms with van der Waals surface area (Å²) in [4.78, 5) is 2.57. The molecule has 1 heterocycles. The molecular weight excluding hydrogens is 224 g/mol. The van der Waals surface area contributed by atoms with Crippen molar-refractivity contribution in [3.63, 3.8) is 0 Å². The van der Waals surface area contributed by atoms with Gasteiger partial charge in [0.15, 0.2) is 0 Å². The van der Waals surface area contributed by atoms with E-state index in [1.54, 1.807) is 0 Å². The van der Waals surface area contributed by atoms with Crippen molar-refractivity contribution in [3.8, 4) is 0 Å².